The first kappa shape index (κ1) is 23.1. The quantitative estimate of drug-likeness (QED) is 0.489. The van der Waals surface area contributed by atoms with E-state index in [1.54, 1.807) is 14.0 Å². The average Bonchev–Trinajstić information content (AvgIpc) is 3.11. The maximum atomic E-state index is 12.7. The first-order valence-corrected chi connectivity index (χ1v) is 10.7. The summed E-state index contributed by atoms with van der Waals surface area (Å²) >= 11 is 0. The van der Waals surface area contributed by atoms with Crippen molar-refractivity contribution in [2.24, 2.45) is 0 Å². The standard InChI is InChI=1S/C26H30N2O4/c1-6-32-26(30)22-16-24(20-9-11-21(31-5)12-10-20)28(19(22)4)14-13-25(29)27-23-15-17(2)7-8-18(23)3/h7-12,15-16H,6,13-14H2,1-5H3,(H,27,29). The van der Waals surface area contributed by atoms with Crippen LogP contribution in [0.3, 0.4) is 0 Å². The number of nitrogens with one attached hydrogen (secondary N) is 1. The minimum atomic E-state index is -0.363. The predicted molar refractivity (Wildman–Crippen MR) is 126 cm³/mol. The summed E-state index contributed by atoms with van der Waals surface area (Å²) in [5, 5.41) is 3.00. The molecule has 1 N–H and O–H groups in total. The Kier molecular flexibility index (Phi) is 7.36. The zero-order valence-corrected chi connectivity index (χ0v) is 19.3. The molecule has 1 aromatic heterocycles. The smallest absolute Gasteiger partial charge is 0.339 e. The molecule has 0 unspecified atom stereocenters. The number of aryl methyl sites for hydroxylation is 2. The minimum absolute atomic E-state index is 0.0786. The normalized spacial score (nSPS) is 10.7. The number of benzene rings is 2. The van der Waals surface area contributed by atoms with Crippen LogP contribution in [0.1, 0.15) is 40.5 Å². The van der Waals surface area contributed by atoms with E-state index in [0.29, 0.717) is 18.7 Å². The van der Waals surface area contributed by atoms with Crippen molar-refractivity contribution in [2.75, 3.05) is 19.0 Å². The van der Waals surface area contributed by atoms with Crippen LogP contribution in [0.15, 0.2) is 48.5 Å². The van der Waals surface area contributed by atoms with Crippen molar-refractivity contribution in [2.45, 2.75) is 40.7 Å². The Morgan fingerprint density at radius 2 is 1.72 bits per heavy atom. The molecule has 3 rings (SSSR count). The van der Waals surface area contributed by atoms with Crippen molar-refractivity contribution in [1.82, 2.24) is 4.57 Å². The van der Waals surface area contributed by atoms with Gasteiger partial charge in [0.15, 0.2) is 0 Å². The molecule has 0 fully saturated rings. The highest BCUT2D eigenvalue weighted by molar-refractivity contribution is 5.93. The van der Waals surface area contributed by atoms with Crippen molar-refractivity contribution in [1.29, 1.82) is 0 Å². The van der Waals surface area contributed by atoms with Crippen LogP contribution in [-0.2, 0) is 16.1 Å². The third-order valence-corrected chi connectivity index (χ3v) is 5.48. The van der Waals surface area contributed by atoms with Crippen LogP contribution in [0.4, 0.5) is 5.69 Å². The summed E-state index contributed by atoms with van der Waals surface area (Å²) in [4.78, 5) is 25.2. The van der Waals surface area contributed by atoms with Gasteiger partial charge in [0.2, 0.25) is 5.91 Å². The molecule has 0 atom stereocenters. The molecule has 0 saturated carbocycles. The molecule has 0 radical (unpaired) electrons. The summed E-state index contributed by atoms with van der Waals surface area (Å²) in [7, 11) is 1.62. The number of aromatic nitrogens is 1. The maximum Gasteiger partial charge on any atom is 0.339 e. The lowest BCUT2D eigenvalue weighted by Gasteiger charge is -2.14. The highest BCUT2D eigenvalue weighted by Crippen LogP contribution is 2.28. The molecule has 0 aliphatic heterocycles. The van der Waals surface area contributed by atoms with E-state index in [1.165, 1.54) is 0 Å². The summed E-state index contributed by atoms with van der Waals surface area (Å²) in [5.41, 5.74) is 5.99. The van der Waals surface area contributed by atoms with Gasteiger partial charge in [-0.15, -0.1) is 0 Å². The van der Waals surface area contributed by atoms with Crippen LogP contribution in [0.25, 0.3) is 11.3 Å². The molecule has 6 heteroatoms. The van der Waals surface area contributed by atoms with Gasteiger partial charge in [-0.05, 0) is 80.8 Å². The van der Waals surface area contributed by atoms with Crippen LogP contribution in [-0.4, -0.2) is 30.2 Å². The van der Waals surface area contributed by atoms with Crippen molar-refractivity contribution < 1.29 is 19.1 Å². The van der Waals surface area contributed by atoms with Crippen molar-refractivity contribution in [3.63, 3.8) is 0 Å². The minimum Gasteiger partial charge on any atom is -0.497 e. The molecular weight excluding hydrogens is 404 g/mol. The zero-order valence-electron chi connectivity index (χ0n) is 19.3. The number of carbonyl (C=O) groups excluding carboxylic acids is 2. The first-order chi connectivity index (χ1) is 15.3. The molecule has 1 heterocycles. The molecule has 0 aliphatic carbocycles. The zero-order chi connectivity index (χ0) is 23.3. The fraction of sp³-hybridized carbons (Fsp3) is 0.308. The Morgan fingerprint density at radius 1 is 1.00 bits per heavy atom. The van der Waals surface area contributed by atoms with Gasteiger partial charge in [0.05, 0.1) is 19.3 Å². The van der Waals surface area contributed by atoms with Gasteiger partial charge < -0.3 is 19.4 Å². The number of methoxy groups -OCH3 is 1. The monoisotopic (exact) mass is 434 g/mol. The van der Waals surface area contributed by atoms with Crippen LogP contribution in [0.2, 0.25) is 0 Å². The molecule has 1 amide bonds. The highest BCUT2D eigenvalue weighted by Gasteiger charge is 2.20. The van der Waals surface area contributed by atoms with Gasteiger partial charge in [-0.25, -0.2) is 4.79 Å². The maximum absolute atomic E-state index is 12.7. The lowest BCUT2D eigenvalue weighted by atomic mass is 10.1. The van der Waals surface area contributed by atoms with E-state index >= 15 is 0 Å². The molecule has 0 aliphatic rings. The molecule has 0 bridgehead atoms. The molecule has 6 nitrogen and oxygen atoms in total. The molecule has 168 valence electrons. The number of rotatable bonds is 8. The molecular formula is C26H30N2O4. The van der Waals surface area contributed by atoms with Gasteiger partial charge in [0, 0.05) is 30.0 Å². The average molecular weight is 435 g/mol. The molecule has 32 heavy (non-hydrogen) atoms. The van der Waals surface area contributed by atoms with Crippen LogP contribution in [0, 0.1) is 20.8 Å². The van der Waals surface area contributed by atoms with Gasteiger partial charge in [-0.3, -0.25) is 4.79 Å². The number of esters is 1. The summed E-state index contributed by atoms with van der Waals surface area (Å²) in [5.74, 6) is 0.311. The topological polar surface area (TPSA) is 69.6 Å². The van der Waals surface area contributed by atoms with Crippen molar-refractivity contribution in [3.05, 3.63) is 70.9 Å². The summed E-state index contributed by atoms with van der Waals surface area (Å²) in [6.45, 7) is 8.37. The van der Waals surface area contributed by atoms with E-state index in [0.717, 1.165) is 39.5 Å². The fourth-order valence-corrected chi connectivity index (χ4v) is 3.65. The largest absolute Gasteiger partial charge is 0.497 e. The second-order valence-corrected chi connectivity index (χ2v) is 7.75. The summed E-state index contributed by atoms with van der Waals surface area (Å²) in [6, 6.07) is 15.4. The molecule has 0 spiro atoms. The lowest BCUT2D eigenvalue weighted by Crippen LogP contribution is -2.16. The van der Waals surface area contributed by atoms with Crippen LogP contribution >= 0.6 is 0 Å². The number of carbonyl (C=O) groups is 2. The second-order valence-electron chi connectivity index (χ2n) is 7.75. The second kappa shape index (κ2) is 10.2. The van der Waals surface area contributed by atoms with E-state index in [2.05, 4.69) is 5.32 Å². The summed E-state index contributed by atoms with van der Waals surface area (Å²) < 4.78 is 12.5. The molecule has 3 aromatic rings. The Morgan fingerprint density at radius 3 is 2.38 bits per heavy atom. The predicted octanol–water partition coefficient (Wildman–Crippen LogP) is 5.29. The Hall–Kier alpha value is -3.54. The van der Waals surface area contributed by atoms with Crippen LogP contribution < -0.4 is 10.1 Å². The third kappa shape index (κ3) is 5.19. The number of hydrogen-bond donors (Lipinski definition) is 1. The van der Waals surface area contributed by atoms with E-state index in [1.807, 2.05) is 73.9 Å². The van der Waals surface area contributed by atoms with E-state index in [4.69, 9.17) is 9.47 Å². The van der Waals surface area contributed by atoms with E-state index in [-0.39, 0.29) is 18.3 Å². The Labute approximate surface area is 189 Å². The number of amides is 1. The van der Waals surface area contributed by atoms with Gasteiger partial charge in [-0.1, -0.05) is 12.1 Å². The fourth-order valence-electron chi connectivity index (χ4n) is 3.65. The lowest BCUT2D eigenvalue weighted by molar-refractivity contribution is -0.116. The van der Waals surface area contributed by atoms with E-state index in [9.17, 15) is 9.59 Å². The summed E-state index contributed by atoms with van der Waals surface area (Å²) in [6.07, 6.45) is 0.272. The van der Waals surface area contributed by atoms with Gasteiger partial charge in [0.25, 0.3) is 0 Å². The van der Waals surface area contributed by atoms with Crippen molar-refractivity contribution in [3.8, 4) is 17.0 Å². The number of nitrogens with zero attached hydrogens (tertiary/aromatic N) is 1. The third-order valence-electron chi connectivity index (χ3n) is 5.48. The van der Waals surface area contributed by atoms with Gasteiger partial charge >= 0.3 is 5.97 Å². The Balaban J connectivity index is 1.87. The van der Waals surface area contributed by atoms with Crippen LogP contribution in [0.5, 0.6) is 5.75 Å². The number of ether oxygens (including phenoxy) is 2. The molecule has 0 saturated heterocycles. The van der Waals surface area contributed by atoms with Gasteiger partial charge in [-0.2, -0.15) is 0 Å². The number of anilines is 1. The molecule has 2 aromatic carbocycles. The number of hydrogen-bond acceptors (Lipinski definition) is 4. The van der Waals surface area contributed by atoms with Crippen molar-refractivity contribution >= 4 is 17.6 Å². The SMILES string of the molecule is CCOC(=O)c1cc(-c2ccc(OC)cc2)n(CCC(=O)Nc2cc(C)ccc2C)c1C. The van der Waals surface area contributed by atoms with E-state index < -0.39 is 0 Å². The Bertz CT molecular complexity index is 1110. The van der Waals surface area contributed by atoms with Gasteiger partial charge in [0.1, 0.15) is 5.75 Å². The highest BCUT2D eigenvalue weighted by atomic mass is 16.5. The first-order valence-electron chi connectivity index (χ1n) is 10.7.